The van der Waals surface area contributed by atoms with Crippen LogP contribution < -0.4 is 0 Å². The van der Waals surface area contributed by atoms with Crippen molar-refractivity contribution in [3.8, 4) is 0 Å². The zero-order valence-corrected chi connectivity index (χ0v) is 11.4. The van der Waals surface area contributed by atoms with Gasteiger partial charge in [-0.1, -0.05) is 31.1 Å². The monoisotopic (exact) mass is 262 g/mol. The van der Waals surface area contributed by atoms with Crippen LogP contribution in [0.5, 0.6) is 0 Å². The third kappa shape index (κ3) is 3.16. The molecule has 0 saturated heterocycles. The number of thioether (sulfide) groups is 1. The lowest BCUT2D eigenvalue weighted by Crippen LogP contribution is -2.02. The number of aliphatic carboxylic acids is 1. The Bertz CT molecular complexity index is 442. The largest absolute Gasteiger partial charge is 0.478 e. The van der Waals surface area contributed by atoms with Crippen LogP contribution in [0.3, 0.4) is 0 Å². The maximum atomic E-state index is 11.4. The minimum absolute atomic E-state index is 0.441. The van der Waals surface area contributed by atoms with E-state index in [9.17, 15) is 9.90 Å². The number of carbonyl (C=O) groups is 1. The van der Waals surface area contributed by atoms with Gasteiger partial charge in [0.15, 0.2) is 0 Å². The van der Waals surface area contributed by atoms with Gasteiger partial charge in [-0.3, -0.25) is 0 Å². The highest BCUT2D eigenvalue weighted by molar-refractivity contribution is 7.98. The van der Waals surface area contributed by atoms with Crippen LogP contribution in [0.15, 0.2) is 35.2 Å². The van der Waals surface area contributed by atoms with Crippen molar-refractivity contribution in [2.24, 2.45) is 5.92 Å². The van der Waals surface area contributed by atoms with E-state index in [1.165, 1.54) is 12.8 Å². The standard InChI is InChI=1S/C15H18O2S/c1-18-13-8-6-12(7-9-13)14(15(16)17)10-11-4-2-3-5-11/h6-11H,2-5H2,1H3,(H,16,17). The smallest absolute Gasteiger partial charge is 0.335 e. The normalized spacial score (nSPS) is 17.1. The third-order valence-electron chi connectivity index (χ3n) is 3.43. The summed E-state index contributed by atoms with van der Waals surface area (Å²) in [7, 11) is 0. The number of benzene rings is 1. The SMILES string of the molecule is CSc1ccc(C(=CC2CCCC2)C(=O)O)cc1. The summed E-state index contributed by atoms with van der Waals surface area (Å²) in [6, 6.07) is 7.76. The van der Waals surface area contributed by atoms with Crippen LogP contribution in [0, 0.1) is 5.92 Å². The Morgan fingerprint density at radius 3 is 2.39 bits per heavy atom. The van der Waals surface area contributed by atoms with Crippen LogP contribution in [0.4, 0.5) is 0 Å². The molecule has 1 saturated carbocycles. The molecule has 2 rings (SSSR count). The Morgan fingerprint density at radius 1 is 1.28 bits per heavy atom. The van der Waals surface area contributed by atoms with Crippen LogP contribution in [0.25, 0.3) is 5.57 Å². The Hall–Kier alpha value is -1.22. The van der Waals surface area contributed by atoms with Gasteiger partial charge in [-0.2, -0.15) is 0 Å². The Morgan fingerprint density at radius 2 is 1.89 bits per heavy atom. The second kappa shape index (κ2) is 6.10. The number of hydrogen-bond acceptors (Lipinski definition) is 2. The van der Waals surface area contributed by atoms with Gasteiger partial charge in [0.05, 0.1) is 5.57 Å². The van der Waals surface area contributed by atoms with Crippen molar-refractivity contribution in [3.05, 3.63) is 35.9 Å². The number of rotatable bonds is 4. The van der Waals surface area contributed by atoms with E-state index in [0.29, 0.717) is 11.5 Å². The fourth-order valence-electron chi connectivity index (χ4n) is 2.42. The highest BCUT2D eigenvalue weighted by atomic mass is 32.2. The highest BCUT2D eigenvalue weighted by Crippen LogP contribution is 2.29. The summed E-state index contributed by atoms with van der Waals surface area (Å²) in [4.78, 5) is 12.5. The van der Waals surface area contributed by atoms with Crippen molar-refractivity contribution < 1.29 is 9.90 Å². The summed E-state index contributed by atoms with van der Waals surface area (Å²) < 4.78 is 0. The molecule has 1 aromatic rings. The molecule has 0 atom stereocenters. The van der Waals surface area contributed by atoms with E-state index in [1.807, 2.05) is 36.6 Å². The minimum atomic E-state index is -0.821. The Kier molecular flexibility index (Phi) is 4.48. The lowest BCUT2D eigenvalue weighted by molar-refractivity contribution is -0.130. The predicted molar refractivity (Wildman–Crippen MR) is 75.8 cm³/mol. The van der Waals surface area contributed by atoms with Gasteiger partial charge in [0.1, 0.15) is 0 Å². The van der Waals surface area contributed by atoms with Crippen LogP contribution in [-0.4, -0.2) is 17.3 Å². The average molecular weight is 262 g/mol. The maximum absolute atomic E-state index is 11.4. The van der Waals surface area contributed by atoms with Gasteiger partial charge in [-0.15, -0.1) is 11.8 Å². The van der Waals surface area contributed by atoms with Crippen molar-refractivity contribution in [3.63, 3.8) is 0 Å². The van der Waals surface area contributed by atoms with Gasteiger partial charge in [0, 0.05) is 4.90 Å². The van der Waals surface area contributed by atoms with Crippen molar-refractivity contribution in [1.29, 1.82) is 0 Å². The van der Waals surface area contributed by atoms with Gasteiger partial charge in [-0.25, -0.2) is 4.79 Å². The molecule has 0 heterocycles. The summed E-state index contributed by atoms with van der Waals surface area (Å²) >= 11 is 1.66. The first kappa shape index (κ1) is 13.2. The van der Waals surface area contributed by atoms with Crippen molar-refractivity contribution in [2.75, 3.05) is 6.26 Å². The van der Waals surface area contributed by atoms with Crippen LogP contribution in [-0.2, 0) is 4.79 Å². The molecule has 0 bridgehead atoms. The molecular weight excluding hydrogens is 244 g/mol. The minimum Gasteiger partial charge on any atom is -0.478 e. The first-order valence-electron chi connectivity index (χ1n) is 6.30. The van der Waals surface area contributed by atoms with Crippen LogP contribution in [0.1, 0.15) is 31.2 Å². The molecule has 0 aliphatic heterocycles. The summed E-state index contributed by atoms with van der Waals surface area (Å²) in [6.07, 6.45) is 8.66. The molecule has 1 aliphatic rings. The van der Waals surface area contributed by atoms with Gasteiger partial charge in [-0.05, 0) is 42.7 Å². The van der Waals surface area contributed by atoms with Gasteiger partial charge in [0.25, 0.3) is 0 Å². The number of carboxylic acid groups (broad SMARTS) is 1. The zero-order valence-electron chi connectivity index (χ0n) is 10.6. The molecule has 3 heteroatoms. The molecule has 1 aliphatic carbocycles. The van der Waals surface area contributed by atoms with E-state index < -0.39 is 5.97 Å². The molecule has 96 valence electrons. The lowest BCUT2D eigenvalue weighted by Gasteiger charge is -2.07. The molecular formula is C15H18O2S. The molecule has 2 nitrogen and oxygen atoms in total. The van der Waals surface area contributed by atoms with E-state index in [-0.39, 0.29) is 0 Å². The van der Waals surface area contributed by atoms with Crippen LogP contribution in [0.2, 0.25) is 0 Å². The molecule has 0 radical (unpaired) electrons. The zero-order chi connectivity index (χ0) is 13.0. The Balaban J connectivity index is 2.25. The molecule has 0 aromatic heterocycles. The molecule has 0 unspecified atom stereocenters. The van der Waals surface area contributed by atoms with E-state index in [2.05, 4.69) is 0 Å². The summed E-state index contributed by atoms with van der Waals surface area (Å²) in [6.45, 7) is 0. The predicted octanol–water partition coefficient (Wildman–Crippen LogP) is 4.07. The summed E-state index contributed by atoms with van der Waals surface area (Å²) in [5, 5.41) is 9.34. The van der Waals surface area contributed by atoms with E-state index in [0.717, 1.165) is 23.3 Å². The van der Waals surface area contributed by atoms with Gasteiger partial charge < -0.3 is 5.11 Å². The lowest BCUT2D eigenvalue weighted by atomic mass is 9.99. The third-order valence-corrected chi connectivity index (χ3v) is 4.18. The highest BCUT2D eigenvalue weighted by Gasteiger charge is 2.17. The molecule has 1 N–H and O–H groups in total. The topological polar surface area (TPSA) is 37.3 Å². The molecule has 18 heavy (non-hydrogen) atoms. The number of allylic oxidation sites excluding steroid dienone is 1. The fourth-order valence-corrected chi connectivity index (χ4v) is 2.83. The van der Waals surface area contributed by atoms with Crippen molar-refractivity contribution in [2.45, 2.75) is 30.6 Å². The molecule has 1 aromatic carbocycles. The van der Waals surface area contributed by atoms with E-state index >= 15 is 0 Å². The molecule has 0 amide bonds. The first-order valence-corrected chi connectivity index (χ1v) is 7.52. The van der Waals surface area contributed by atoms with Crippen molar-refractivity contribution >= 4 is 23.3 Å². The quantitative estimate of drug-likeness (QED) is 0.656. The summed E-state index contributed by atoms with van der Waals surface area (Å²) in [5.41, 5.74) is 1.27. The fraction of sp³-hybridized carbons (Fsp3) is 0.400. The van der Waals surface area contributed by atoms with E-state index in [1.54, 1.807) is 11.8 Å². The molecule has 1 fully saturated rings. The van der Waals surface area contributed by atoms with Gasteiger partial charge in [0.2, 0.25) is 0 Å². The Labute approximate surface area is 112 Å². The van der Waals surface area contributed by atoms with Crippen molar-refractivity contribution in [1.82, 2.24) is 0 Å². The number of hydrogen-bond donors (Lipinski definition) is 1. The summed E-state index contributed by atoms with van der Waals surface area (Å²) in [5.74, 6) is -0.380. The van der Waals surface area contributed by atoms with Gasteiger partial charge >= 0.3 is 5.97 Å². The second-order valence-electron chi connectivity index (χ2n) is 4.66. The van der Waals surface area contributed by atoms with E-state index in [4.69, 9.17) is 0 Å². The maximum Gasteiger partial charge on any atom is 0.335 e. The first-order chi connectivity index (χ1) is 8.70. The average Bonchev–Trinajstić information content (AvgIpc) is 2.89. The second-order valence-corrected chi connectivity index (χ2v) is 5.54. The number of carboxylic acids is 1. The molecule has 0 spiro atoms. The van der Waals surface area contributed by atoms with Crippen LogP contribution >= 0.6 is 11.8 Å².